The third-order valence-electron chi connectivity index (χ3n) is 2.06. The Bertz CT molecular complexity index is 327. The topological polar surface area (TPSA) is 29.5 Å². The fourth-order valence-corrected chi connectivity index (χ4v) is 1.69. The highest BCUT2D eigenvalue weighted by Gasteiger charge is 2.11. The number of alkyl halides is 1. The van der Waals surface area contributed by atoms with Crippen LogP contribution in [0.15, 0.2) is 30.3 Å². The molecule has 4 heteroatoms. The minimum atomic E-state index is -0.0184. The molecule has 16 heavy (non-hydrogen) atoms. The van der Waals surface area contributed by atoms with Crippen LogP contribution in [-0.2, 0) is 4.79 Å². The number of rotatable bonds is 5. The number of likely N-dealkylation sites (N-methyl/N-ethyl adjacent to an activating group) is 1. The fourth-order valence-electron chi connectivity index (χ4n) is 1.25. The molecule has 0 heterocycles. The number of nitrogens with zero attached hydrogens (tertiary/aromatic N) is 1. The molecule has 0 radical (unpaired) electrons. The molecule has 1 atom stereocenters. The maximum atomic E-state index is 11.6. The van der Waals surface area contributed by atoms with Crippen LogP contribution in [0.25, 0.3) is 0 Å². The Kier molecular flexibility index (Phi) is 5.32. The van der Waals surface area contributed by atoms with Crippen LogP contribution in [0.1, 0.15) is 6.92 Å². The van der Waals surface area contributed by atoms with Gasteiger partial charge in [-0.25, -0.2) is 0 Å². The number of carbonyl (C=O) groups is 1. The number of halogens is 1. The van der Waals surface area contributed by atoms with Crippen molar-refractivity contribution < 1.29 is 9.53 Å². The van der Waals surface area contributed by atoms with Gasteiger partial charge in [0.05, 0.1) is 0 Å². The molecule has 1 aromatic rings. The van der Waals surface area contributed by atoms with E-state index in [1.165, 1.54) is 0 Å². The van der Waals surface area contributed by atoms with Crippen molar-refractivity contribution in [3.8, 4) is 5.75 Å². The van der Waals surface area contributed by atoms with Crippen LogP contribution < -0.4 is 4.74 Å². The average molecular weight is 286 g/mol. The highest BCUT2D eigenvalue weighted by molar-refractivity contribution is 9.09. The summed E-state index contributed by atoms with van der Waals surface area (Å²) < 4.78 is 5.36. The van der Waals surface area contributed by atoms with Gasteiger partial charge in [-0.1, -0.05) is 41.1 Å². The van der Waals surface area contributed by atoms with Gasteiger partial charge in [-0.2, -0.15) is 0 Å². The molecule has 0 N–H and O–H groups in total. The van der Waals surface area contributed by atoms with E-state index in [0.717, 1.165) is 5.75 Å². The number of amides is 1. The van der Waals surface area contributed by atoms with Crippen LogP contribution in [0.5, 0.6) is 5.75 Å². The maximum absolute atomic E-state index is 11.6. The molecular formula is C12H16BrNO2. The number of benzene rings is 1. The zero-order chi connectivity index (χ0) is 12.0. The average Bonchev–Trinajstić information content (AvgIpc) is 2.26. The van der Waals surface area contributed by atoms with Gasteiger partial charge in [0, 0.05) is 18.4 Å². The predicted molar refractivity (Wildman–Crippen MR) is 68.0 cm³/mol. The van der Waals surface area contributed by atoms with Crippen LogP contribution in [0.3, 0.4) is 0 Å². The van der Waals surface area contributed by atoms with E-state index in [1.807, 2.05) is 37.3 Å². The SMILES string of the molecule is CC(Br)CN(C)C(=O)COc1ccccc1. The van der Waals surface area contributed by atoms with Gasteiger partial charge >= 0.3 is 0 Å². The quantitative estimate of drug-likeness (QED) is 0.777. The molecule has 1 amide bonds. The minimum Gasteiger partial charge on any atom is -0.484 e. The molecular weight excluding hydrogens is 270 g/mol. The molecule has 1 rings (SSSR count). The van der Waals surface area contributed by atoms with E-state index in [0.29, 0.717) is 6.54 Å². The monoisotopic (exact) mass is 285 g/mol. The Morgan fingerprint density at radius 1 is 1.44 bits per heavy atom. The maximum Gasteiger partial charge on any atom is 0.260 e. The van der Waals surface area contributed by atoms with Crippen LogP contribution >= 0.6 is 15.9 Å². The molecule has 0 spiro atoms. The van der Waals surface area contributed by atoms with Gasteiger partial charge in [-0.3, -0.25) is 4.79 Å². The van der Waals surface area contributed by atoms with Gasteiger partial charge < -0.3 is 9.64 Å². The van der Waals surface area contributed by atoms with Crippen molar-refractivity contribution in [1.29, 1.82) is 0 Å². The summed E-state index contributed by atoms with van der Waals surface area (Å²) in [4.78, 5) is 13.6. The fraction of sp³-hybridized carbons (Fsp3) is 0.417. The molecule has 0 aliphatic carbocycles. The molecule has 0 saturated heterocycles. The molecule has 3 nitrogen and oxygen atoms in total. The Labute approximate surface area is 105 Å². The smallest absolute Gasteiger partial charge is 0.260 e. The van der Waals surface area contributed by atoms with Gasteiger partial charge in [-0.05, 0) is 12.1 Å². The van der Waals surface area contributed by atoms with E-state index in [2.05, 4.69) is 15.9 Å². The van der Waals surface area contributed by atoms with Crippen molar-refractivity contribution in [2.24, 2.45) is 0 Å². The van der Waals surface area contributed by atoms with Crippen molar-refractivity contribution >= 4 is 21.8 Å². The van der Waals surface area contributed by atoms with E-state index < -0.39 is 0 Å². The van der Waals surface area contributed by atoms with Gasteiger partial charge in [-0.15, -0.1) is 0 Å². The predicted octanol–water partition coefficient (Wildman–Crippen LogP) is 2.31. The van der Waals surface area contributed by atoms with Crippen molar-refractivity contribution in [1.82, 2.24) is 4.90 Å². The second-order valence-electron chi connectivity index (χ2n) is 3.66. The third kappa shape index (κ3) is 4.66. The molecule has 0 aromatic heterocycles. The molecule has 0 bridgehead atoms. The number of para-hydroxylation sites is 1. The first kappa shape index (κ1) is 13.0. The zero-order valence-corrected chi connectivity index (χ0v) is 11.1. The third-order valence-corrected chi connectivity index (χ3v) is 2.35. The summed E-state index contributed by atoms with van der Waals surface area (Å²) >= 11 is 3.40. The Morgan fingerprint density at radius 2 is 2.06 bits per heavy atom. The Hall–Kier alpha value is -1.03. The van der Waals surface area contributed by atoms with Crippen molar-refractivity contribution in [2.75, 3.05) is 20.2 Å². The van der Waals surface area contributed by atoms with E-state index in [1.54, 1.807) is 11.9 Å². The van der Waals surface area contributed by atoms with E-state index >= 15 is 0 Å². The second kappa shape index (κ2) is 6.53. The van der Waals surface area contributed by atoms with Crippen LogP contribution in [-0.4, -0.2) is 35.8 Å². The summed E-state index contributed by atoms with van der Waals surface area (Å²) in [5.74, 6) is 0.700. The van der Waals surface area contributed by atoms with Gasteiger partial charge in [0.15, 0.2) is 6.61 Å². The lowest BCUT2D eigenvalue weighted by atomic mass is 10.3. The lowest BCUT2D eigenvalue weighted by Crippen LogP contribution is -2.34. The summed E-state index contributed by atoms with van der Waals surface area (Å²) in [6.45, 7) is 2.76. The molecule has 1 unspecified atom stereocenters. The summed E-state index contributed by atoms with van der Waals surface area (Å²) in [7, 11) is 1.77. The number of ether oxygens (including phenoxy) is 1. The van der Waals surface area contributed by atoms with Crippen LogP contribution in [0.2, 0.25) is 0 Å². The van der Waals surface area contributed by atoms with E-state index in [-0.39, 0.29) is 17.3 Å². The summed E-state index contributed by atoms with van der Waals surface area (Å²) in [6, 6.07) is 9.34. The number of hydrogen-bond donors (Lipinski definition) is 0. The second-order valence-corrected chi connectivity index (χ2v) is 5.22. The lowest BCUT2D eigenvalue weighted by Gasteiger charge is -2.18. The molecule has 0 saturated carbocycles. The summed E-state index contributed by atoms with van der Waals surface area (Å²) in [5.41, 5.74) is 0. The minimum absolute atomic E-state index is 0.0184. The Morgan fingerprint density at radius 3 is 2.62 bits per heavy atom. The first-order valence-electron chi connectivity index (χ1n) is 5.15. The number of carbonyl (C=O) groups excluding carboxylic acids is 1. The van der Waals surface area contributed by atoms with Crippen LogP contribution in [0.4, 0.5) is 0 Å². The lowest BCUT2D eigenvalue weighted by molar-refractivity contribution is -0.132. The molecule has 1 aromatic carbocycles. The Balaban J connectivity index is 2.35. The van der Waals surface area contributed by atoms with Gasteiger partial charge in [0.1, 0.15) is 5.75 Å². The molecule has 0 fully saturated rings. The zero-order valence-electron chi connectivity index (χ0n) is 9.52. The van der Waals surface area contributed by atoms with Crippen LogP contribution in [0, 0.1) is 0 Å². The van der Waals surface area contributed by atoms with Gasteiger partial charge in [0.25, 0.3) is 5.91 Å². The molecule has 0 aliphatic heterocycles. The largest absolute Gasteiger partial charge is 0.484 e. The van der Waals surface area contributed by atoms with E-state index in [9.17, 15) is 4.79 Å². The molecule has 0 aliphatic rings. The first-order valence-corrected chi connectivity index (χ1v) is 6.07. The number of hydrogen-bond acceptors (Lipinski definition) is 2. The van der Waals surface area contributed by atoms with Gasteiger partial charge in [0.2, 0.25) is 0 Å². The van der Waals surface area contributed by atoms with E-state index in [4.69, 9.17) is 4.74 Å². The highest BCUT2D eigenvalue weighted by atomic mass is 79.9. The normalized spacial score (nSPS) is 11.9. The van der Waals surface area contributed by atoms with Crippen molar-refractivity contribution in [2.45, 2.75) is 11.8 Å². The van der Waals surface area contributed by atoms with Crippen molar-refractivity contribution in [3.05, 3.63) is 30.3 Å². The highest BCUT2D eigenvalue weighted by Crippen LogP contribution is 2.08. The summed E-state index contributed by atoms with van der Waals surface area (Å²) in [5, 5.41) is 0. The summed E-state index contributed by atoms with van der Waals surface area (Å²) in [6.07, 6.45) is 0. The first-order chi connectivity index (χ1) is 7.59. The molecule has 88 valence electrons. The standard InChI is InChI=1S/C12H16BrNO2/c1-10(13)8-14(2)12(15)9-16-11-6-4-3-5-7-11/h3-7,10H,8-9H2,1-2H3. The van der Waals surface area contributed by atoms with Crippen molar-refractivity contribution in [3.63, 3.8) is 0 Å².